The van der Waals surface area contributed by atoms with Gasteiger partial charge in [0.2, 0.25) is 0 Å². The fourth-order valence-corrected chi connectivity index (χ4v) is 2.26. The van der Waals surface area contributed by atoms with E-state index in [9.17, 15) is 0 Å². The summed E-state index contributed by atoms with van der Waals surface area (Å²) < 4.78 is 0. The number of rotatable bonds is 3. The van der Waals surface area contributed by atoms with E-state index in [1.54, 1.807) is 0 Å². The molecule has 0 aromatic carbocycles. The summed E-state index contributed by atoms with van der Waals surface area (Å²) in [6.07, 6.45) is 10.2. The molecule has 1 saturated carbocycles. The van der Waals surface area contributed by atoms with Crippen molar-refractivity contribution in [3.8, 4) is 0 Å². The van der Waals surface area contributed by atoms with Crippen molar-refractivity contribution in [3.63, 3.8) is 0 Å². The highest BCUT2D eigenvalue weighted by atomic mass is 16.2. The summed E-state index contributed by atoms with van der Waals surface area (Å²) >= 11 is 0. The summed E-state index contributed by atoms with van der Waals surface area (Å²) in [6.45, 7) is 2.20. The van der Waals surface area contributed by atoms with Crippen LogP contribution in [0.1, 0.15) is 19.8 Å². The molecule has 0 heterocycles. The lowest BCUT2D eigenvalue weighted by Gasteiger charge is -2.20. The molecule has 2 aliphatic carbocycles. The van der Waals surface area contributed by atoms with E-state index in [1.807, 2.05) is 6.92 Å². The van der Waals surface area contributed by atoms with Gasteiger partial charge < -0.3 is 10.8 Å². The van der Waals surface area contributed by atoms with Gasteiger partial charge in [-0.05, 0) is 30.9 Å². The van der Waals surface area contributed by atoms with Gasteiger partial charge in [0.15, 0.2) is 0 Å². The van der Waals surface area contributed by atoms with Gasteiger partial charge in [0.25, 0.3) is 0 Å². The first-order valence-electron chi connectivity index (χ1n) is 5.16. The summed E-state index contributed by atoms with van der Waals surface area (Å²) in [6, 6.07) is 0. The lowest BCUT2D eigenvalue weighted by molar-refractivity contribution is 0.299. The maximum Gasteiger partial charge on any atom is 0.0483 e. The van der Waals surface area contributed by atoms with E-state index < -0.39 is 0 Å². The van der Waals surface area contributed by atoms with Gasteiger partial charge in [-0.1, -0.05) is 24.3 Å². The molecule has 0 amide bonds. The zero-order valence-electron chi connectivity index (χ0n) is 8.53. The van der Waals surface area contributed by atoms with Crippen molar-refractivity contribution < 1.29 is 5.11 Å². The number of hydrogen-bond acceptors (Lipinski definition) is 2. The molecule has 0 aromatic heterocycles. The third-order valence-corrected chi connectivity index (χ3v) is 3.24. The minimum Gasteiger partial charge on any atom is -0.396 e. The van der Waals surface area contributed by atoms with Gasteiger partial charge in [-0.3, -0.25) is 0 Å². The van der Waals surface area contributed by atoms with Crippen molar-refractivity contribution in [1.29, 1.82) is 0 Å². The van der Waals surface area contributed by atoms with Gasteiger partial charge in [-0.25, -0.2) is 0 Å². The molecule has 2 aliphatic rings. The van der Waals surface area contributed by atoms with E-state index in [1.165, 1.54) is 11.1 Å². The van der Waals surface area contributed by atoms with Gasteiger partial charge >= 0.3 is 0 Å². The summed E-state index contributed by atoms with van der Waals surface area (Å²) in [4.78, 5) is 0. The normalized spacial score (nSPS) is 35.2. The molecule has 2 unspecified atom stereocenters. The van der Waals surface area contributed by atoms with E-state index >= 15 is 0 Å². The number of aliphatic hydroxyl groups is 1. The average Bonchev–Trinajstić information content (AvgIpc) is 2.86. The second kappa shape index (κ2) is 3.37. The lowest BCUT2D eigenvalue weighted by atomic mass is 9.90. The molecule has 3 N–H and O–H groups in total. The molecule has 0 spiro atoms. The smallest absolute Gasteiger partial charge is 0.0483 e. The first-order chi connectivity index (χ1) is 6.72. The minimum absolute atomic E-state index is 0.119. The van der Waals surface area contributed by atoms with Crippen molar-refractivity contribution >= 4 is 0 Å². The van der Waals surface area contributed by atoms with Gasteiger partial charge in [0.1, 0.15) is 0 Å². The Bertz CT molecular complexity index is 327. The third-order valence-electron chi connectivity index (χ3n) is 3.24. The van der Waals surface area contributed by atoms with Crippen LogP contribution in [0.3, 0.4) is 0 Å². The van der Waals surface area contributed by atoms with Crippen molar-refractivity contribution in [2.24, 2.45) is 11.7 Å². The van der Waals surface area contributed by atoms with E-state index in [2.05, 4.69) is 24.3 Å². The maximum absolute atomic E-state index is 8.96. The highest BCUT2D eigenvalue weighted by Gasteiger charge is 2.53. The summed E-state index contributed by atoms with van der Waals surface area (Å²) in [5, 5.41) is 8.96. The molecule has 2 heteroatoms. The fraction of sp³-hybridized carbons (Fsp3) is 0.500. The largest absolute Gasteiger partial charge is 0.396 e. The highest BCUT2D eigenvalue weighted by molar-refractivity contribution is 5.51. The van der Waals surface area contributed by atoms with E-state index in [-0.39, 0.29) is 12.1 Å². The second-order valence-corrected chi connectivity index (χ2v) is 4.10. The molecule has 0 radical (unpaired) electrons. The molecule has 0 aromatic rings. The third kappa shape index (κ3) is 1.35. The number of nitrogens with two attached hydrogens (primary N) is 1. The minimum atomic E-state index is -0.119. The van der Waals surface area contributed by atoms with Gasteiger partial charge in [-0.15, -0.1) is 0 Å². The Hall–Kier alpha value is -0.860. The van der Waals surface area contributed by atoms with Crippen LogP contribution in [-0.2, 0) is 0 Å². The molecule has 2 nitrogen and oxygen atoms in total. The van der Waals surface area contributed by atoms with Gasteiger partial charge in [-0.2, -0.15) is 0 Å². The molecule has 76 valence electrons. The Balaban J connectivity index is 2.24. The number of aliphatic hydroxyl groups excluding tert-OH is 1. The van der Waals surface area contributed by atoms with Crippen molar-refractivity contribution in [2.75, 3.05) is 6.61 Å². The Morgan fingerprint density at radius 2 is 2.57 bits per heavy atom. The van der Waals surface area contributed by atoms with Crippen LogP contribution >= 0.6 is 0 Å². The zero-order valence-corrected chi connectivity index (χ0v) is 8.53. The summed E-state index contributed by atoms with van der Waals surface area (Å²) in [5.74, 6) is 0.524. The Kier molecular flexibility index (Phi) is 2.33. The van der Waals surface area contributed by atoms with Crippen LogP contribution in [0.25, 0.3) is 0 Å². The van der Waals surface area contributed by atoms with Crippen LogP contribution in [0.2, 0.25) is 0 Å². The molecule has 2 atom stereocenters. The Morgan fingerprint density at radius 1 is 1.79 bits per heavy atom. The molecule has 0 aliphatic heterocycles. The van der Waals surface area contributed by atoms with Crippen LogP contribution in [0.4, 0.5) is 0 Å². The molecular weight excluding hydrogens is 174 g/mol. The van der Waals surface area contributed by atoms with E-state index in [0.29, 0.717) is 12.3 Å². The average molecular weight is 191 g/mol. The van der Waals surface area contributed by atoms with Crippen LogP contribution in [0.5, 0.6) is 0 Å². The molecule has 14 heavy (non-hydrogen) atoms. The quantitative estimate of drug-likeness (QED) is 0.710. The monoisotopic (exact) mass is 191 g/mol. The molecule has 2 rings (SSSR count). The lowest BCUT2D eigenvalue weighted by Crippen LogP contribution is -2.29. The fourth-order valence-electron chi connectivity index (χ4n) is 2.26. The standard InChI is InChI=1S/C12H17NO/c1-2-9(6-7-14)11-5-3-4-10-8-12(10,11)13/h2-5,10,14H,6-8,13H2,1H3. The number of hydrogen-bond donors (Lipinski definition) is 2. The first-order valence-corrected chi connectivity index (χ1v) is 5.16. The first kappa shape index (κ1) is 9.69. The van der Waals surface area contributed by atoms with Gasteiger partial charge in [0.05, 0.1) is 0 Å². The molecule has 1 fully saturated rings. The summed E-state index contributed by atoms with van der Waals surface area (Å²) in [5.41, 5.74) is 8.56. The van der Waals surface area contributed by atoms with Gasteiger partial charge in [0, 0.05) is 18.1 Å². The second-order valence-electron chi connectivity index (χ2n) is 4.10. The zero-order chi connectivity index (χ0) is 10.2. The van der Waals surface area contributed by atoms with Crippen molar-refractivity contribution in [2.45, 2.75) is 25.3 Å². The topological polar surface area (TPSA) is 46.2 Å². The van der Waals surface area contributed by atoms with E-state index in [4.69, 9.17) is 10.8 Å². The molecule has 0 bridgehead atoms. The Morgan fingerprint density at radius 3 is 3.21 bits per heavy atom. The SMILES string of the molecule is CC=C(CCO)C1=CC=CC2CC12N. The van der Waals surface area contributed by atoms with Crippen molar-refractivity contribution in [1.82, 2.24) is 0 Å². The van der Waals surface area contributed by atoms with Crippen LogP contribution in [0, 0.1) is 5.92 Å². The molecular formula is C12H17NO. The maximum atomic E-state index is 8.96. The number of allylic oxidation sites excluding steroid dienone is 3. The number of fused-ring (bicyclic) bond motifs is 1. The van der Waals surface area contributed by atoms with Crippen LogP contribution in [0.15, 0.2) is 35.5 Å². The Labute approximate surface area is 84.8 Å². The highest BCUT2D eigenvalue weighted by Crippen LogP contribution is 2.52. The van der Waals surface area contributed by atoms with Crippen LogP contribution < -0.4 is 5.73 Å². The molecule has 0 saturated heterocycles. The summed E-state index contributed by atoms with van der Waals surface area (Å²) in [7, 11) is 0. The van der Waals surface area contributed by atoms with Crippen LogP contribution in [-0.4, -0.2) is 17.3 Å². The van der Waals surface area contributed by atoms with Crippen molar-refractivity contribution in [3.05, 3.63) is 35.5 Å². The van der Waals surface area contributed by atoms with E-state index in [0.717, 1.165) is 6.42 Å². The predicted molar refractivity (Wildman–Crippen MR) is 57.7 cm³/mol. The predicted octanol–water partition coefficient (Wildman–Crippen LogP) is 1.53.